The molecule has 0 spiro atoms. The van der Waals surface area contributed by atoms with Gasteiger partial charge >= 0.3 is 0 Å². The lowest BCUT2D eigenvalue weighted by atomic mass is 10.3. The predicted molar refractivity (Wildman–Crippen MR) is 48.0 cm³/mol. The Labute approximate surface area is 77.8 Å². The van der Waals surface area contributed by atoms with E-state index in [-0.39, 0.29) is 0 Å². The number of nitrogens with zero attached hydrogens (tertiary/aromatic N) is 1. The first-order chi connectivity index (χ1) is 5.98. The predicted octanol–water partition coefficient (Wildman–Crippen LogP) is 0.549. The fourth-order valence-corrected chi connectivity index (χ4v) is 0.763. The number of ether oxygens (including phenoxy) is 1. The van der Waals surface area contributed by atoms with Crippen LogP contribution in [0, 0.1) is 0 Å². The van der Waals surface area contributed by atoms with Crippen LogP contribution in [0.5, 0.6) is 0 Å². The Balaban J connectivity index is 3.26. The minimum Gasteiger partial charge on any atom is -0.375 e. The molecule has 0 aromatic heterocycles. The summed E-state index contributed by atoms with van der Waals surface area (Å²) >= 11 is 0. The highest BCUT2D eigenvalue weighted by Crippen LogP contribution is 2.10. The van der Waals surface area contributed by atoms with Crippen LogP contribution >= 0.6 is 0 Å². The van der Waals surface area contributed by atoms with Crippen LogP contribution in [0.2, 0.25) is 0 Å². The van der Waals surface area contributed by atoms with E-state index in [4.69, 9.17) is 10.5 Å². The van der Waals surface area contributed by atoms with Crippen LogP contribution in [-0.4, -0.2) is 51.2 Å². The maximum atomic E-state index is 12.5. The first-order valence-corrected chi connectivity index (χ1v) is 4.28. The molecule has 0 aliphatic rings. The SMILES string of the molecule is CN(C)CCCOCC(F)(F)CN. The minimum absolute atomic E-state index is 0.355. The van der Waals surface area contributed by atoms with Crippen LogP contribution in [0.25, 0.3) is 0 Å². The average Bonchev–Trinajstić information content (AvgIpc) is 2.03. The Hall–Kier alpha value is -0.260. The zero-order chi connectivity index (χ0) is 10.3. The molecule has 0 aliphatic heterocycles. The second-order valence-electron chi connectivity index (χ2n) is 3.27. The lowest BCUT2D eigenvalue weighted by Crippen LogP contribution is -2.33. The molecule has 0 aliphatic carbocycles. The van der Waals surface area contributed by atoms with Gasteiger partial charge < -0.3 is 15.4 Å². The van der Waals surface area contributed by atoms with E-state index >= 15 is 0 Å². The quantitative estimate of drug-likeness (QED) is 0.604. The summed E-state index contributed by atoms with van der Waals surface area (Å²) < 4.78 is 29.7. The van der Waals surface area contributed by atoms with Crippen molar-refractivity contribution in [3.05, 3.63) is 0 Å². The normalized spacial score (nSPS) is 12.5. The maximum absolute atomic E-state index is 12.5. The average molecular weight is 196 g/mol. The van der Waals surface area contributed by atoms with Gasteiger partial charge in [-0.2, -0.15) is 0 Å². The lowest BCUT2D eigenvalue weighted by molar-refractivity contribution is -0.0700. The number of hydrogen-bond acceptors (Lipinski definition) is 3. The van der Waals surface area contributed by atoms with Gasteiger partial charge in [0, 0.05) is 6.61 Å². The van der Waals surface area contributed by atoms with E-state index in [1.807, 2.05) is 19.0 Å². The molecule has 0 bridgehead atoms. The summed E-state index contributed by atoms with van der Waals surface area (Å²) in [5.41, 5.74) is 4.83. The van der Waals surface area contributed by atoms with Gasteiger partial charge in [0.05, 0.1) is 6.54 Å². The number of alkyl halides is 2. The first-order valence-electron chi connectivity index (χ1n) is 4.28. The van der Waals surface area contributed by atoms with E-state index in [1.54, 1.807) is 0 Å². The summed E-state index contributed by atoms with van der Waals surface area (Å²) in [4.78, 5) is 1.98. The molecule has 80 valence electrons. The molecule has 2 N–H and O–H groups in total. The van der Waals surface area contributed by atoms with Gasteiger partial charge in [0.25, 0.3) is 5.92 Å². The summed E-state index contributed by atoms with van der Waals surface area (Å²) in [6.07, 6.45) is 0.758. The van der Waals surface area contributed by atoms with Gasteiger partial charge in [0.15, 0.2) is 0 Å². The highest BCUT2D eigenvalue weighted by molar-refractivity contribution is 4.64. The molecule has 5 heteroatoms. The Morgan fingerprint density at radius 3 is 2.46 bits per heavy atom. The summed E-state index contributed by atoms with van der Waals surface area (Å²) in [5.74, 6) is -2.88. The highest BCUT2D eigenvalue weighted by atomic mass is 19.3. The Bertz CT molecular complexity index is 131. The van der Waals surface area contributed by atoms with Crippen molar-refractivity contribution >= 4 is 0 Å². The van der Waals surface area contributed by atoms with E-state index in [9.17, 15) is 8.78 Å². The molecule has 0 saturated heterocycles. The third kappa shape index (κ3) is 8.08. The van der Waals surface area contributed by atoms with Crippen LogP contribution in [0.1, 0.15) is 6.42 Å². The van der Waals surface area contributed by atoms with E-state index in [0.29, 0.717) is 6.61 Å². The van der Waals surface area contributed by atoms with Crippen molar-refractivity contribution in [1.82, 2.24) is 4.90 Å². The molecule has 0 heterocycles. The molecule has 3 nitrogen and oxygen atoms in total. The summed E-state index contributed by atoms with van der Waals surface area (Å²) in [6.45, 7) is -0.0282. The van der Waals surface area contributed by atoms with Crippen LogP contribution in [0.3, 0.4) is 0 Å². The van der Waals surface area contributed by atoms with E-state index in [2.05, 4.69) is 0 Å². The molecule has 13 heavy (non-hydrogen) atoms. The number of rotatable bonds is 7. The molecular formula is C8H18F2N2O. The molecule has 0 radical (unpaired) electrons. The lowest BCUT2D eigenvalue weighted by Gasteiger charge is -2.14. The van der Waals surface area contributed by atoms with Crippen molar-refractivity contribution < 1.29 is 13.5 Å². The Morgan fingerprint density at radius 2 is 2.00 bits per heavy atom. The smallest absolute Gasteiger partial charge is 0.282 e. The second kappa shape index (κ2) is 6.23. The molecule has 0 aromatic carbocycles. The molecule has 0 unspecified atom stereocenters. The highest BCUT2D eigenvalue weighted by Gasteiger charge is 2.26. The van der Waals surface area contributed by atoms with Gasteiger partial charge in [-0.1, -0.05) is 0 Å². The van der Waals surface area contributed by atoms with Gasteiger partial charge in [-0.3, -0.25) is 0 Å². The second-order valence-corrected chi connectivity index (χ2v) is 3.27. The summed E-state index contributed by atoms with van der Waals surface area (Å²) in [6, 6.07) is 0. The van der Waals surface area contributed by atoms with Crippen LogP contribution in [0.4, 0.5) is 8.78 Å². The van der Waals surface area contributed by atoms with E-state index in [0.717, 1.165) is 13.0 Å². The largest absolute Gasteiger partial charge is 0.375 e. The van der Waals surface area contributed by atoms with Crippen LogP contribution in [-0.2, 0) is 4.74 Å². The van der Waals surface area contributed by atoms with Gasteiger partial charge in [-0.15, -0.1) is 0 Å². The van der Waals surface area contributed by atoms with Crippen molar-refractivity contribution in [3.63, 3.8) is 0 Å². The number of hydrogen-bond donors (Lipinski definition) is 1. The Kier molecular flexibility index (Phi) is 6.11. The minimum atomic E-state index is -2.88. The van der Waals surface area contributed by atoms with Gasteiger partial charge in [0.1, 0.15) is 6.61 Å². The molecule has 0 rings (SSSR count). The van der Waals surface area contributed by atoms with Gasteiger partial charge in [0.2, 0.25) is 0 Å². The molecule has 0 saturated carbocycles. The van der Waals surface area contributed by atoms with Crippen LogP contribution in [0.15, 0.2) is 0 Å². The zero-order valence-electron chi connectivity index (χ0n) is 8.22. The first kappa shape index (κ1) is 12.7. The Morgan fingerprint density at radius 1 is 1.38 bits per heavy atom. The number of nitrogens with two attached hydrogens (primary N) is 1. The maximum Gasteiger partial charge on any atom is 0.282 e. The molecule has 0 fully saturated rings. The van der Waals surface area contributed by atoms with Crippen molar-refractivity contribution in [2.45, 2.75) is 12.3 Å². The zero-order valence-corrected chi connectivity index (χ0v) is 8.22. The molecule has 0 aromatic rings. The fraction of sp³-hybridized carbons (Fsp3) is 1.00. The van der Waals surface area contributed by atoms with E-state index < -0.39 is 19.1 Å². The molecule has 0 atom stereocenters. The summed E-state index contributed by atoms with van der Waals surface area (Å²) in [7, 11) is 3.85. The molecule has 0 amide bonds. The van der Waals surface area contributed by atoms with Gasteiger partial charge in [-0.25, -0.2) is 8.78 Å². The summed E-state index contributed by atoms with van der Waals surface area (Å²) in [5, 5.41) is 0. The van der Waals surface area contributed by atoms with Crippen molar-refractivity contribution in [2.75, 3.05) is 40.4 Å². The number of halogens is 2. The van der Waals surface area contributed by atoms with Crippen molar-refractivity contribution in [3.8, 4) is 0 Å². The molecular weight excluding hydrogens is 178 g/mol. The van der Waals surface area contributed by atoms with Crippen LogP contribution < -0.4 is 5.73 Å². The van der Waals surface area contributed by atoms with E-state index in [1.165, 1.54) is 0 Å². The van der Waals surface area contributed by atoms with Crippen molar-refractivity contribution in [2.24, 2.45) is 5.73 Å². The third-order valence-corrected chi connectivity index (χ3v) is 1.51. The topological polar surface area (TPSA) is 38.5 Å². The van der Waals surface area contributed by atoms with Crippen molar-refractivity contribution in [1.29, 1.82) is 0 Å². The third-order valence-electron chi connectivity index (χ3n) is 1.51. The van der Waals surface area contributed by atoms with Gasteiger partial charge in [-0.05, 0) is 27.1 Å². The monoisotopic (exact) mass is 196 g/mol. The fourth-order valence-electron chi connectivity index (χ4n) is 0.763. The standard InChI is InChI=1S/C8H18F2N2O/c1-12(2)4-3-5-13-7-8(9,10)6-11/h3-7,11H2,1-2H3.